The number of carbonyl (C=O) groups is 2. The lowest BCUT2D eigenvalue weighted by Crippen LogP contribution is -2.51. The SMILES string of the molecule is Cc1ccc(-c2nnn(CC(=O)N(C)C(C)(C)C(=O)O)n2)cc1. The maximum atomic E-state index is 12.2. The average molecular weight is 317 g/mol. The predicted octanol–water partition coefficient (Wildman–Crippen LogP) is 0.970. The van der Waals surface area contributed by atoms with Crippen molar-refractivity contribution in [1.82, 2.24) is 25.1 Å². The number of aliphatic carboxylic acids is 1. The zero-order chi connectivity index (χ0) is 17.2. The van der Waals surface area contributed by atoms with Crippen LogP contribution in [0.25, 0.3) is 11.4 Å². The molecule has 0 fully saturated rings. The molecule has 122 valence electrons. The van der Waals surface area contributed by atoms with Crippen LogP contribution >= 0.6 is 0 Å². The zero-order valence-corrected chi connectivity index (χ0v) is 13.5. The first-order chi connectivity index (χ1) is 10.7. The summed E-state index contributed by atoms with van der Waals surface area (Å²) in [6.07, 6.45) is 0. The molecule has 0 aliphatic rings. The minimum Gasteiger partial charge on any atom is -0.480 e. The molecule has 23 heavy (non-hydrogen) atoms. The third-order valence-electron chi connectivity index (χ3n) is 3.78. The van der Waals surface area contributed by atoms with E-state index in [0.29, 0.717) is 5.82 Å². The Balaban J connectivity index is 2.11. The minimum absolute atomic E-state index is 0.175. The summed E-state index contributed by atoms with van der Waals surface area (Å²) in [5.74, 6) is -1.08. The van der Waals surface area contributed by atoms with Crippen molar-refractivity contribution in [2.75, 3.05) is 7.05 Å². The Hall–Kier alpha value is -2.77. The van der Waals surface area contributed by atoms with Crippen molar-refractivity contribution in [1.29, 1.82) is 0 Å². The monoisotopic (exact) mass is 317 g/mol. The number of benzene rings is 1. The summed E-state index contributed by atoms with van der Waals surface area (Å²) in [6.45, 7) is 4.72. The Labute approximate surface area is 133 Å². The minimum atomic E-state index is -1.31. The summed E-state index contributed by atoms with van der Waals surface area (Å²) in [5.41, 5.74) is 0.611. The number of aromatic nitrogens is 4. The highest BCUT2D eigenvalue weighted by Gasteiger charge is 2.35. The van der Waals surface area contributed by atoms with E-state index in [9.17, 15) is 9.59 Å². The molecule has 0 radical (unpaired) electrons. The molecule has 0 bridgehead atoms. The number of hydrogen-bond donors (Lipinski definition) is 1. The van der Waals surface area contributed by atoms with Gasteiger partial charge in [-0.15, -0.1) is 10.2 Å². The van der Waals surface area contributed by atoms with E-state index in [4.69, 9.17) is 5.11 Å². The molecule has 2 rings (SSSR count). The van der Waals surface area contributed by atoms with Gasteiger partial charge in [-0.3, -0.25) is 4.79 Å². The molecule has 8 heteroatoms. The van der Waals surface area contributed by atoms with Crippen molar-refractivity contribution in [3.05, 3.63) is 29.8 Å². The highest BCUT2D eigenvalue weighted by molar-refractivity contribution is 5.86. The van der Waals surface area contributed by atoms with Crippen LogP contribution in [0.2, 0.25) is 0 Å². The largest absolute Gasteiger partial charge is 0.480 e. The first-order valence-corrected chi connectivity index (χ1v) is 7.06. The maximum Gasteiger partial charge on any atom is 0.329 e. The van der Waals surface area contributed by atoms with Crippen LogP contribution in [-0.2, 0) is 16.1 Å². The number of aryl methyl sites for hydroxylation is 1. The van der Waals surface area contributed by atoms with E-state index in [-0.39, 0.29) is 6.54 Å². The number of carbonyl (C=O) groups excluding carboxylic acids is 1. The van der Waals surface area contributed by atoms with Crippen molar-refractivity contribution in [3.63, 3.8) is 0 Å². The van der Waals surface area contributed by atoms with E-state index in [0.717, 1.165) is 20.8 Å². The van der Waals surface area contributed by atoms with E-state index in [1.807, 2.05) is 31.2 Å². The fourth-order valence-electron chi connectivity index (χ4n) is 1.81. The van der Waals surface area contributed by atoms with E-state index < -0.39 is 17.4 Å². The summed E-state index contributed by atoms with van der Waals surface area (Å²) in [4.78, 5) is 25.7. The van der Waals surface area contributed by atoms with Crippen LogP contribution in [0.3, 0.4) is 0 Å². The predicted molar refractivity (Wildman–Crippen MR) is 82.5 cm³/mol. The normalized spacial score (nSPS) is 11.3. The van der Waals surface area contributed by atoms with E-state index in [1.54, 1.807) is 0 Å². The van der Waals surface area contributed by atoms with Gasteiger partial charge in [0, 0.05) is 12.6 Å². The van der Waals surface area contributed by atoms with E-state index in [1.165, 1.54) is 20.9 Å². The van der Waals surface area contributed by atoms with Crippen LogP contribution in [-0.4, -0.2) is 54.7 Å². The Kier molecular flexibility index (Phi) is 4.44. The summed E-state index contributed by atoms with van der Waals surface area (Å²) >= 11 is 0. The number of hydrogen-bond acceptors (Lipinski definition) is 5. The van der Waals surface area contributed by atoms with Crippen molar-refractivity contribution >= 4 is 11.9 Å². The number of carboxylic acid groups (broad SMARTS) is 1. The van der Waals surface area contributed by atoms with Crippen molar-refractivity contribution in [2.45, 2.75) is 32.9 Å². The summed E-state index contributed by atoms with van der Waals surface area (Å²) in [6, 6.07) is 7.62. The molecule has 0 aliphatic carbocycles. The Morgan fingerprint density at radius 2 is 1.87 bits per heavy atom. The van der Waals surface area contributed by atoms with Gasteiger partial charge >= 0.3 is 5.97 Å². The average Bonchev–Trinajstić information content (AvgIpc) is 2.95. The third-order valence-corrected chi connectivity index (χ3v) is 3.78. The molecule has 0 atom stereocenters. The lowest BCUT2D eigenvalue weighted by Gasteiger charge is -2.31. The third kappa shape index (κ3) is 3.53. The van der Waals surface area contributed by atoms with Gasteiger partial charge in [-0.1, -0.05) is 29.8 Å². The molecule has 0 aliphatic heterocycles. The summed E-state index contributed by atoms with van der Waals surface area (Å²) in [7, 11) is 1.44. The second-order valence-electron chi connectivity index (χ2n) is 5.83. The quantitative estimate of drug-likeness (QED) is 0.881. The first-order valence-electron chi connectivity index (χ1n) is 7.06. The van der Waals surface area contributed by atoms with Gasteiger partial charge in [-0.25, -0.2) is 4.79 Å². The first kappa shape index (κ1) is 16.6. The van der Waals surface area contributed by atoms with Crippen LogP contribution in [0.15, 0.2) is 24.3 Å². The second-order valence-corrected chi connectivity index (χ2v) is 5.83. The molecule has 1 aromatic heterocycles. The second kappa shape index (κ2) is 6.15. The highest BCUT2D eigenvalue weighted by atomic mass is 16.4. The van der Waals surface area contributed by atoms with Gasteiger partial charge in [0.25, 0.3) is 0 Å². The van der Waals surface area contributed by atoms with E-state index >= 15 is 0 Å². The van der Waals surface area contributed by atoms with Crippen molar-refractivity contribution < 1.29 is 14.7 Å². The number of nitrogens with zero attached hydrogens (tertiary/aromatic N) is 5. The van der Waals surface area contributed by atoms with Gasteiger partial charge in [0.15, 0.2) is 0 Å². The van der Waals surface area contributed by atoms with Gasteiger partial charge in [0.2, 0.25) is 11.7 Å². The summed E-state index contributed by atoms with van der Waals surface area (Å²) in [5, 5.41) is 21.1. The molecule has 0 saturated carbocycles. The molecule has 2 aromatic rings. The molecular formula is C15H19N5O3. The fraction of sp³-hybridized carbons (Fsp3) is 0.400. The van der Waals surface area contributed by atoms with Gasteiger partial charge < -0.3 is 10.0 Å². The zero-order valence-electron chi connectivity index (χ0n) is 13.5. The number of likely N-dealkylation sites (N-methyl/N-ethyl adjacent to an activating group) is 1. The van der Waals surface area contributed by atoms with Gasteiger partial charge in [-0.2, -0.15) is 4.80 Å². The van der Waals surface area contributed by atoms with E-state index in [2.05, 4.69) is 15.4 Å². The topological polar surface area (TPSA) is 101 Å². The van der Waals surface area contributed by atoms with Crippen LogP contribution in [0.4, 0.5) is 0 Å². The summed E-state index contributed by atoms with van der Waals surface area (Å²) < 4.78 is 0. The Morgan fingerprint density at radius 1 is 1.26 bits per heavy atom. The highest BCUT2D eigenvalue weighted by Crippen LogP contribution is 2.15. The van der Waals surface area contributed by atoms with Crippen LogP contribution in [0, 0.1) is 6.92 Å². The van der Waals surface area contributed by atoms with Gasteiger partial charge in [0.05, 0.1) is 0 Å². The molecule has 1 N–H and O–H groups in total. The van der Waals surface area contributed by atoms with Gasteiger partial charge in [-0.05, 0) is 26.0 Å². The molecule has 1 amide bonds. The van der Waals surface area contributed by atoms with Gasteiger partial charge in [0.1, 0.15) is 12.1 Å². The molecule has 8 nitrogen and oxygen atoms in total. The fourth-order valence-corrected chi connectivity index (χ4v) is 1.81. The number of rotatable bonds is 5. The van der Waals surface area contributed by atoms with Crippen LogP contribution in [0.5, 0.6) is 0 Å². The molecule has 0 saturated heterocycles. The molecule has 1 heterocycles. The number of carboxylic acids is 1. The smallest absolute Gasteiger partial charge is 0.329 e. The molecule has 1 aromatic carbocycles. The Bertz CT molecular complexity index is 721. The maximum absolute atomic E-state index is 12.2. The van der Waals surface area contributed by atoms with Crippen molar-refractivity contribution in [2.24, 2.45) is 0 Å². The van der Waals surface area contributed by atoms with Crippen molar-refractivity contribution in [3.8, 4) is 11.4 Å². The number of amides is 1. The molecule has 0 spiro atoms. The molecular weight excluding hydrogens is 298 g/mol. The lowest BCUT2D eigenvalue weighted by atomic mass is 10.0. The standard InChI is InChI=1S/C15H19N5O3/c1-10-5-7-11(8-6-10)13-16-18-20(17-13)9-12(21)19(4)15(2,3)14(22)23/h5-8H,9H2,1-4H3,(H,22,23). The van der Waals surface area contributed by atoms with Crippen LogP contribution in [0.1, 0.15) is 19.4 Å². The molecule has 0 unspecified atom stereocenters. The lowest BCUT2D eigenvalue weighted by molar-refractivity contribution is -0.155. The Morgan fingerprint density at radius 3 is 2.43 bits per heavy atom. The number of tetrazole rings is 1. The van der Waals surface area contributed by atoms with Crippen LogP contribution < -0.4 is 0 Å².